The number of likely N-dealkylation sites (tertiary alicyclic amines) is 1. The first-order valence-electron chi connectivity index (χ1n) is 7.95. The van der Waals surface area contributed by atoms with Crippen LogP contribution >= 0.6 is 0 Å². The third kappa shape index (κ3) is 3.41. The molecule has 1 aliphatic heterocycles. The van der Waals surface area contributed by atoms with Gasteiger partial charge in [0.15, 0.2) is 0 Å². The van der Waals surface area contributed by atoms with Gasteiger partial charge in [-0.15, -0.1) is 0 Å². The topological polar surface area (TPSA) is 15.7 Å². The molecule has 1 unspecified atom stereocenters. The number of benzene rings is 1. The number of rotatable bonds is 5. The first-order valence-corrected chi connectivity index (χ1v) is 7.95. The summed E-state index contributed by atoms with van der Waals surface area (Å²) in [7, 11) is 4.38. The first kappa shape index (κ1) is 15.7. The highest BCUT2D eigenvalue weighted by Gasteiger charge is 2.42. The van der Waals surface area contributed by atoms with Gasteiger partial charge in [-0.2, -0.15) is 8.78 Å². The van der Waals surface area contributed by atoms with Crippen LogP contribution in [0.5, 0.6) is 5.75 Å². The third-order valence-corrected chi connectivity index (χ3v) is 5.01. The minimum atomic E-state index is -2.76. The van der Waals surface area contributed by atoms with E-state index in [0.717, 1.165) is 43.1 Å². The highest BCUT2D eigenvalue weighted by Crippen LogP contribution is 2.39. The molecule has 1 heterocycles. The number of piperidine rings is 1. The second kappa shape index (κ2) is 6.50. The highest BCUT2D eigenvalue weighted by molar-refractivity contribution is 5.27. The van der Waals surface area contributed by atoms with Crippen LogP contribution in [0.15, 0.2) is 24.3 Å². The molecule has 2 fully saturated rings. The molecule has 1 saturated heterocycles. The molecule has 3 atom stereocenters. The third-order valence-electron chi connectivity index (χ3n) is 5.01. The summed E-state index contributed by atoms with van der Waals surface area (Å²) in [5.74, 6) is 1.75. The van der Waals surface area contributed by atoms with Crippen LogP contribution < -0.4 is 4.74 Å². The number of ether oxygens (including phenoxy) is 1. The van der Waals surface area contributed by atoms with Crippen molar-refractivity contribution < 1.29 is 13.5 Å². The van der Waals surface area contributed by atoms with Gasteiger partial charge in [0.25, 0.3) is 0 Å². The fourth-order valence-electron chi connectivity index (χ4n) is 4.30. The van der Waals surface area contributed by atoms with E-state index >= 15 is 0 Å². The van der Waals surface area contributed by atoms with Crippen LogP contribution in [-0.4, -0.2) is 49.6 Å². The Morgan fingerprint density at radius 3 is 2.23 bits per heavy atom. The van der Waals surface area contributed by atoms with Gasteiger partial charge in [-0.1, -0.05) is 12.1 Å². The zero-order valence-electron chi connectivity index (χ0n) is 13.2. The van der Waals surface area contributed by atoms with Gasteiger partial charge < -0.3 is 9.64 Å². The van der Waals surface area contributed by atoms with Crippen molar-refractivity contribution in [2.75, 3.05) is 27.2 Å². The highest BCUT2D eigenvalue weighted by atomic mass is 19.3. The summed E-state index contributed by atoms with van der Waals surface area (Å²) in [5.41, 5.74) is 1.16. The normalized spacial score (nSPS) is 28.5. The quantitative estimate of drug-likeness (QED) is 0.831. The first-order chi connectivity index (χ1) is 10.5. The number of fused-ring (bicyclic) bond motifs is 2. The summed E-state index contributed by atoms with van der Waals surface area (Å²) in [6.07, 6.45) is 2.65. The van der Waals surface area contributed by atoms with E-state index in [2.05, 4.69) is 28.6 Å². The van der Waals surface area contributed by atoms with Gasteiger partial charge in [-0.25, -0.2) is 0 Å². The predicted molar refractivity (Wildman–Crippen MR) is 82.0 cm³/mol. The van der Waals surface area contributed by atoms with Gasteiger partial charge in [-0.05, 0) is 56.5 Å². The van der Waals surface area contributed by atoms with E-state index < -0.39 is 6.61 Å². The summed E-state index contributed by atoms with van der Waals surface area (Å²) in [6.45, 7) is 0.400. The largest absolute Gasteiger partial charge is 0.435 e. The Bertz CT molecular complexity index is 478. The van der Waals surface area contributed by atoms with E-state index in [1.165, 1.54) is 12.8 Å². The summed E-state index contributed by atoms with van der Waals surface area (Å²) < 4.78 is 28.7. The molecule has 0 aromatic heterocycles. The maximum atomic E-state index is 12.2. The van der Waals surface area contributed by atoms with E-state index in [1.807, 2.05) is 12.1 Å². The molecule has 5 heteroatoms. The van der Waals surface area contributed by atoms with Crippen LogP contribution in [0.1, 0.15) is 18.4 Å². The van der Waals surface area contributed by atoms with Crippen molar-refractivity contribution in [1.82, 2.24) is 9.80 Å². The molecule has 1 aromatic rings. The molecule has 1 aromatic carbocycles. The zero-order valence-corrected chi connectivity index (χ0v) is 13.2. The van der Waals surface area contributed by atoms with Crippen molar-refractivity contribution in [1.29, 1.82) is 0 Å². The van der Waals surface area contributed by atoms with Crippen molar-refractivity contribution in [2.45, 2.75) is 32.0 Å². The molecule has 0 amide bonds. The van der Waals surface area contributed by atoms with Crippen molar-refractivity contribution in [2.24, 2.45) is 11.8 Å². The molecule has 0 radical (unpaired) electrons. The van der Waals surface area contributed by atoms with Gasteiger partial charge >= 0.3 is 6.61 Å². The molecular weight excluding hydrogens is 286 g/mol. The molecular formula is C17H24F2N2O. The fraction of sp³-hybridized carbons (Fsp3) is 0.647. The average Bonchev–Trinajstić information content (AvgIpc) is 2.73. The molecule has 22 heavy (non-hydrogen) atoms. The number of hydrogen-bond acceptors (Lipinski definition) is 3. The Morgan fingerprint density at radius 1 is 1.14 bits per heavy atom. The summed E-state index contributed by atoms with van der Waals surface area (Å²) in [4.78, 5) is 4.89. The molecule has 2 aliphatic rings. The van der Waals surface area contributed by atoms with E-state index in [0.29, 0.717) is 0 Å². The smallest absolute Gasteiger partial charge is 0.387 e. The lowest BCUT2D eigenvalue weighted by atomic mass is 9.91. The Balaban J connectivity index is 1.58. The van der Waals surface area contributed by atoms with Gasteiger partial charge in [0.2, 0.25) is 0 Å². The number of nitrogens with zero attached hydrogens (tertiary/aromatic N) is 2. The lowest BCUT2D eigenvalue weighted by molar-refractivity contribution is -0.0498. The van der Waals surface area contributed by atoms with Gasteiger partial charge in [0.1, 0.15) is 5.75 Å². The van der Waals surface area contributed by atoms with Crippen LogP contribution in [0.3, 0.4) is 0 Å². The van der Waals surface area contributed by atoms with E-state index in [4.69, 9.17) is 0 Å². The predicted octanol–water partition coefficient (Wildman–Crippen LogP) is 3.06. The number of hydrogen-bond donors (Lipinski definition) is 0. The monoisotopic (exact) mass is 310 g/mol. The minimum absolute atomic E-state index is 0.227. The molecule has 3 rings (SSSR count). The maximum absolute atomic E-state index is 12.2. The zero-order chi connectivity index (χ0) is 15.7. The lowest BCUT2D eigenvalue weighted by Gasteiger charge is -2.41. The minimum Gasteiger partial charge on any atom is -0.435 e. The standard InChI is InChI=1S/C17H24F2N2O/c1-20(2)16-13-5-6-14(16)11-21(10-13)9-12-3-7-15(8-4-12)22-17(18)19/h3-4,7-8,13-14,16-17H,5-6,9-11H2,1-2H3/t13-,14+,16?. The van der Waals surface area contributed by atoms with Crippen molar-refractivity contribution in [3.8, 4) is 5.75 Å². The molecule has 2 bridgehead atoms. The second-order valence-corrected chi connectivity index (χ2v) is 6.77. The molecule has 0 spiro atoms. The Morgan fingerprint density at radius 2 is 1.73 bits per heavy atom. The van der Waals surface area contributed by atoms with Crippen LogP contribution in [0.4, 0.5) is 8.78 Å². The van der Waals surface area contributed by atoms with Gasteiger partial charge in [0, 0.05) is 25.7 Å². The van der Waals surface area contributed by atoms with Crippen LogP contribution in [0.25, 0.3) is 0 Å². The summed E-state index contributed by atoms with van der Waals surface area (Å²) in [5, 5.41) is 0. The molecule has 1 saturated carbocycles. The maximum Gasteiger partial charge on any atom is 0.387 e. The van der Waals surface area contributed by atoms with E-state index in [-0.39, 0.29) is 5.75 Å². The molecule has 0 N–H and O–H groups in total. The Hall–Kier alpha value is -1.20. The number of alkyl halides is 2. The van der Waals surface area contributed by atoms with Gasteiger partial charge in [0.05, 0.1) is 0 Å². The molecule has 3 nitrogen and oxygen atoms in total. The van der Waals surface area contributed by atoms with E-state index in [1.54, 1.807) is 12.1 Å². The fourth-order valence-corrected chi connectivity index (χ4v) is 4.30. The van der Waals surface area contributed by atoms with Gasteiger partial charge in [-0.3, -0.25) is 4.90 Å². The second-order valence-electron chi connectivity index (χ2n) is 6.77. The van der Waals surface area contributed by atoms with Crippen LogP contribution in [0.2, 0.25) is 0 Å². The summed E-state index contributed by atoms with van der Waals surface area (Å²) >= 11 is 0. The lowest BCUT2D eigenvalue weighted by Crippen LogP contribution is -2.50. The Kier molecular flexibility index (Phi) is 4.64. The Labute approximate surface area is 130 Å². The van der Waals surface area contributed by atoms with Crippen molar-refractivity contribution in [3.63, 3.8) is 0 Å². The van der Waals surface area contributed by atoms with Crippen LogP contribution in [-0.2, 0) is 6.54 Å². The summed E-state index contributed by atoms with van der Waals surface area (Å²) in [6, 6.07) is 7.75. The SMILES string of the molecule is CN(C)C1[C@@H]2CC[C@H]1CN(Cc1ccc(OC(F)F)cc1)C2. The van der Waals surface area contributed by atoms with Crippen molar-refractivity contribution >= 4 is 0 Å². The van der Waals surface area contributed by atoms with E-state index in [9.17, 15) is 8.78 Å². The average molecular weight is 310 g/mol. The molecule has 1 aliphatic carbocycles. The van der Waals surface area contributed by atoms with Crippen molar-refractivity contribution in [3.05, 3.63) is 29.8 Å². The number of halogens is 2. The molecule has 122 valence electrons. The van der Waals surface area contributed by atoms with Crippen LogP contribution in [0, 0.1) is 11.8 Å².